The van der Waals surface area contributed by atoms with Gasteiger partial charge in [-0.25, -0.2) is 0 Å². The standard InChI is InChI=1S/C12H17NO/c1-13-8-7-12(9-14-10-12)11-5-3-2-4-6-11/h2-6,13H,7-10H2,1H3. The van der Waals surface area contributed by atoms with Gasteiger partial charge >= 0.3 is 0 Å². The summed E-state index contributed by atoms with van der Waals surface area (Å²) in [7, 11) is 2.00. The lowest BCUT2D eigenvalue weighted by Crippen LogP contribution is -2.48. The molecule has 2 heteroatoms. The molecule has 0 atom stereocenters. The minimum atomic E-state index is 0.282. The van der Waals surface area contributed by atoms with Gasteiger partial charge in [0.15, 0.2) is 0 Å². The summed E-state index contributed by atoms with van der Waals surface area (Å²) in [4.78, 5) is 0. The van der Waals surface area contributed by atoms with Gasteiger partial charge in [0.25, 0.3) is 0 Å². The van der Waals surface area contributed by atoms with E-state index >= 15 is 0 Å². The summed E-state index contributed by atoms with van der Waals surface area (Å²) in [6.45, 7) is 2.80. The quantitative estimate of drug-likeness (QED) is 0.780. The maximum absolute atomic E-state index is 5.36. The zero-order valence-corrected chi connectivity index (χ0v) is 8.62. The van der Waals surface area contributed by atoms with Crippen LogP contribution in [0.25, 0.3) is 0 Å². The Balaban J connectivity index is 2.12. The third kappa shape index (κ3) is 1.68. The second-order valence-electron chi connectivity index (χ2n) is 3.99. The molecule has 0 bridgehead atoms. The minimum Gasteiger partial charge on any atom is -0.379 e. The highest BCUT2D eigenvalue weighted by molar-refractivity contribution is 5.27. The van der Waals surface area contributed by atoms with Gasteiger partial charge in [-0.2, -0.15) is 0 Å². The molecule has 2 nitrogen and oxygen atoms in total. The lowest BCUT2D eigenvalue weighted by atomic mass is 9.76. The zero-order valence-electron chi connectivity index (χ0n) is 8.62. The fraction of sp³-hybridized carbons (Fsp3) is 0.500. The van der Waals surface area contributed by atoms with Gasteiger partial charge in [0, 0.05) is 5.41 Å². The molecule has 2 rings (SSSR count). The molecule has 14 heavy (non-hydrogen) atoms. The molecule has 1 heterocycles. The summed E-state index contributed by atoms with van der Waals surface area (Å²) < 4.78 is 5.36. The number of hydrogen-bond donors (Lipinski definition) is 1. The Labute approximate surface area is 85.3 Å². The Bertz CT molecular complexity index is 280. The zero-order chi connectivity index (χ0) is 9.86. The smallest absolute Gasteiger partial charge is 0.0586 e. The lowest BCUT2D eigenvalue weighted by molar-refractivity contribution is -0.0638. The van der Waals surface area contributed by atoms with E-state index in [1.165, 1.54) is 5.56 Å². The van der Waals surface area contributed by atoms with E-state index in [9.17, 15) is 0 Å². The van der Waals surface area contributed by atoms with Crippen LogP contribution < -0.4 is 5.32 Å². The van der Waals surface area contributed by atoms with E-state index in [0.29, 0.717) is 0 Å². The average molecular weight is 191 g/mol. The predicted octanol–water partition coefficient (Wildman–Crippen LogP) is 1.56. The SMILES string of the molecule is CNCCC1(c2ccccc2)COC1. The fourth-order valence-electron chi connectivity index (χ4n) is 1.96. The van der Waals surface area contributed by atoms with Crippen LogP contribution in [-0.4, -0.2) is 26.8 Å². The predicted molar refractivity (Wildman–Crippen MR) is 57.5 cm³/mol. The van der Waals surface area contributed by atoms with Crippen molar-refractivity contribution in [2.75, 3.05) is 26.8 Å². The van der Waals surface area contributed by atoms with Gasteiger partial charge in [0.1, 0.15) is 0 Å². The van der Waals surface area contributed by atoms with Crippen LogP contribution in [0.1, 0.15) is 12.0 Å². The number of rotatable bonds is 4. The highest BCUT2D eigenvalue weighted by Gasteiger charge is 2.39. The molecule has 1 aromatic carbocycles. The van der Waals surface area contributed by atoms with Crippen LogP contribution in [0.3, 0.4) is 0 Å². The molecule has 0 spiro atoms. The van der Waals surface area contributed by atoms with Crippen LogP contribution in [0.5, 0.6) is 0 Å². The van der Waals surface area contributed by atoms with Crippen LogP contribution in [0.4, 0.5) is 0 Å². The third-order valence-corrected chi connectivity index (χ3v) is 3.00. The van der Waals surface area contributed by atoms with Crippen molar-refractivity contribution >= 4 is 0 Å². The summed E-state index contributed by atoms with van der Waals surface area (Å²) in [5.74, 6) is 0. The van der Waals surface area contributed by atoms with E-state index < -0.39 is 0 Å². The minimum absolute atomic E-state index is 0.282. The number of ether oxygens (including phenoxy) is 1. The second kappa shape index (κ2) is 4.11. The Hall–Kier alpha value is -0.860. The summed E-state index contributed by atoms with van der Waals surface area (Å²) in [5, 5.41) is 3.21. The molecule has 1 saturated heterocycles. The van der Waals surface area contributed by atoms with Crippen LogP contribution in [0, 0.1) is 0 Å². The lowest BCUT2D eigenvalue weighted by Gasteiger charge is -2.42. The first kappa shape index (κ1) is 9.69. The highest BCUT2D eigenvalue weighted by Crippen LogP contribution is 2.35. The van der Waals surface area contributed by atoms with E-state index in [-0.39, 0.29) is 5.41 Å². The fourth-order valence-corrected chi connectivity index (χ4v) is 1.96. The van der Waals surface area contributed by atoms with E-state index in [2.05, 4.69) is 35.6 Å². The Morgan fingerprint density at radius 1 is 1.29 bits per heavy atom. The topological polar surface area (TPSA) is 21.3 Å². The van der Waals surface area contributed by atoms with Gasteiger partial charge in [-0.1, -0.05) is 30.3 Å². The Kier molecular flexibility index (Phi) is 2.85. The van der Waals surface area contributed by atoms with Crippen molar-refractivity contribution < 1.29 is 4.74 Å². The van der Waals surface area contributed by atoms with Crippen molar-refractivity contribution in [2.45, 2.75) is 11.8 Å². The van der Waals surface area contributed by atoms with E-state index in [0.717, 1.165) is 26.2 Å². The molecule has 0 unspecified atom stereocenters. The molecule has 1 aromatic rings. The molecule has 0 radical (unpaired) electrons. The highest BCUT2D eigenvalue weighted by atomic mass is 16.5. The first-order valence-electron chi connectivity index (χ1n) is 5.15. The van der Waals surface area contributed by atoms with Gasteiger partial charge in [-0.05, 0) is 25.6 Å². The maximum atomic E-state index is 5.36. The van der Waals surface area contributed by atoms with Crippen molar-refractivity contribution in [3.05, 3.63) is 35.9 Å². The van der Waals surface area contributed by atoms with Crippen molar-refractivity contribution in [1.82, 2.24) is 5.32 Å². The molecule has 1 aliphatic heterocycles. The van der Waals surface area contributed by atoms with Crippen LogP contribution in [-0.2, 0) is 10.2 Å². The first-order chi connectivity index (χ1) is 6.87. The Morgan fingerprint density at radius 2 is 2.00 bits per heavy atom. The summed E-state index contributed by atoms with van der Waals surface area (Å²) in [6.07, 6.45) is 1.16. The molecule has 0 amide bonds. The van der Waals surface area contributed by atoms with Crippen molar-refractivity contribution in [3.8, 4) is 0 Å². The van der Waals surface area contributed by atoms with Crippen molar-refractivity contribution in [1.29, 1.82) is 0 Å². The molecule has 1 aliphatic rings. The van der Waals surface area contributed by atoms with E-state index in [1.807, 2.05) is 7.05 Å². The molecule has 0 aromatic heterocycles. The second-order valence-corrected chi connectivity index (χ2v) is 3.99. The maximum Gasteiger partial charge on any atom is 0.0586 e. The summed E-state index contributed by atoms with van der Waals surface area (Å²) in [6, 6.07) is 10.7. The molecule has 1 fully saturated rings. The van der Waals surface area contributed by atoms with E-state index in [1.54, 1.807) is 0 Å². The molecule has 1 N–H and O–H groups in total. The summed E-state index contributed by atoms with van der Waals surface area (Å²) >= 11 is 0. The van der Waals surface area contributed by atoms with Gasteiger partial charge in [0.05, 0.1) is 13.2 Å². The first-order valence-corrected chi connectivity index (χ1v) is 5.15. The number of nitrogens with one attached hydrogen (secondary N) is 1. The molecular formula is C12H17NO. The Morgan fingerprint density at radius 3 is 2.50 bits per heavy atom. The molecule has 0 saturated carbocycles. The van der Waals surface area contributed by atoms with Gasteiger partial charge in [0.2, 0.25) is 0 Å². The van der Waals surface area contributed by atoms with Crippen LogP contribution in [0.15, 0.2) is 30.3 Å². The number of hydrogen-bond acceptors (Lipinski definition) is 2. The van der Waals surface area contributed by atoms with Crippen molar-refractivity contribution in [2.24, 2.45) is 0 Å². The third-order valence-electron chi connectivity index (χ3n) is 3.00. The van der Waals surface area contributed by atoms with E-state index in [4.69, 9.17) is 4.74 Å². The van der Waals surface area contributed by atoms with Crippen LogP contribution in [0.2, 0.25) is 0 Å². The van der Waals surface area contributed by atoms with Gasteiger partial charge in [-0.3, -0.25) is 0 Å². The monoisotopic (exact) mass is 191 g/mol. The molecular weight excluding hydrogens is 174 g/mol. The van der Waals surface area contributed by atoms with Gasteiger partial charge in [-0.15, -0.1) is 0 Å². The number of benzene rings is 1. The molecule has 0 aliphatic carbocycles. The molecule has 76 valence electrons. The normalized spacial score (nSPS) is 18.9. The van der Waals surface area contributed by atoms with Crippen molar-refractivity contribution in [3.63, 3.8) is 0 Å². The average Bonchev–Trinajstić information content (AvgIpc) is 2.18. The summed E-state index contributed by atoms with van der Waals surface area (Å²) in [5.41, 5.74) is 1.70. The van der Waals surface area contributed by atoms with Gasteiger partial charge < -0.3 is 10.1 Å². The van der Waals surface area contributed by atoms with Crippen LogP contribution >= 0.6 is 0 Å². The largest absolute Gasteiger partial charge is 0.379 e.